The van der Waals surface area contributed by atoms with Gasteiger partial charge in [-0.2, -0.15) is 0 Å². The molecule has 1 saturated heterocycles. The van der Waals surface area contributed by atoms with Crippen LogP contribution < -0.4 is 5.32 Å². The number of hydrogen-bond donors (Lipinski definition) is 1. The van der Waals surface area contributed by atoms with E-state index >= 15 is 0 Å². The summed E-state index contributed by atoms with van der Waals surface area (Å²) in [5.74, 6) is -0.204. The van der Waals surface area contributed by atoms with Gasteiger partial charge in [-0.05, 0) is 36.8 Å². The number of amides is 2. The van der Waals surface area contributed by atoms with Gasteiger partial charge in [0.15, 0.2) is 0 Å². The molecule has 8 nitrogen and oxygen atoms in total. The van der Waals surface area contributed by atoms with Gasteiger partial charge < -0.3 is 24.1 Å². The number of morpholine rings is 1. The van der Waals surface area contributed by atoms with Crippen LogP contribution in [0.1, 0.15) is 33.6 Å². The van der Waals surface area contributed by atoms with Gasteiger partial charge in [0.2, 0.25) is 0 Å². The number of imidazole rings is 1. The molecule has 4 rings (SSSR count). The predicted octanol–water partition coefficient (Wildman–Crippen LogP) is 3.62. The summed E-state index contributed by atoms with van der Waals surface area (Å²) in [4.78, 5) is 30.3. The molecular weight excluding hydrogens is 446 g/mol. The van der Waals surface area contributed by atoms with Crippen molar-refractivity contribution in [2.45, 2.75) is 25.9 Å². The van der Waals surface area contributed by atoms with Gasteiger partial charge in [0.05, 0.1) is 37.8 Å². The Morgan fingerprint density at radius 1 is 1.29 bits per heavy atom. The third kappa shape index (κ3) is 4.58. The van der Waals surface area contributed by atoms with Crippen molar-refractivity contribution in [3.05, 3.63) is 58.9 Å². The Labute approximate surface area is 195 Å². The lowest BCUT2D eigenvalue weighted by Crippen LogP contribution is -2.46. The van der Waals surface area contributed by atoms with Crippen LogP contribution in [0, 0.1) is 6.92 Å². The first-order valence-electron chi connectivity index (χ1n) is 10.9. The predicted molar refractivity (Wildman–Crippen MR) is 121 cm³/mol. The van der Waals surface area contributed by atoms with E-state index in [0.29, 0.717) is 43.0 Å². The molecule has 1 fully saturated rings. The first-order chi connectivity index (χ1) is 16.3. The first-order valence-corrected chi connectivity index (χ1v) is 10.9. The highest BCUT2D eigenvalue weighted by Gasteiger charge is 2.28. The topological polar surface area (TPSA) is 85.2 Å². The lowest BCUT2D eigenvalue weighted by atomic mass is 9.99. The monoisotopic (exact) mass is 472 g/mol. The molecule has 0 bridgehead atoms. The standard InChI is InChI=1S/C24H26F2N4O4/c1-14-10-16(23(31)27-2)4-5-18(14)21-19(12-17-13-29(8-9-34-17)24(32)33-3)30-7-6-15(22(25)26)11-20(30)28-21/h4-7,10-11,17,22H,8-9,12-13H2,1-3H3,(H,27,31). The molecule has 3 aromatic rings. The fraction of sp³-hybridized carbons (Fsp3) is 0.375. The van der Waals surface area contributed by atoms with Crippen molar-refractivity contribution >= 4 is 17.6 Å². The summed E-state index contributed by atoms with van der Waals surface area (Å²) in [5, 5.41) is 2.60. The van der Waals surface area contributed by atoms with Gasteiger partial charge in [0, 0.05) is 42.9 Å². The summed E-state index contributed by atoms with van der Waals surface area (Å²) in [6.45, 7) is 3.00. The minimum atomic E-state index is -2.61. The normalized spacial score (nSPS) is 16.2. The lowest BCUT2D eigenvalue weighted by molar-refractivity contribution is -0.0241. The van der Waals surface area contributed by atoms with Crippen molar-refractivity contribution in [2.24, 2.45) is 0 Å². The van der Waals surface area contributed by atoms with Gasteiger partial charge >= 0.3 is 6.09 Å². The summed E-state index contributed by atoms with van der Waals surface area (Å²) in [6.07, 6.45) is -1.38. The van der Waals surface area contributed by atoms with Crippen LogP contribution in [0.2, 0.25) is 0 Å². The highest BCUT2D eigenvalue weighted by Crippen LogP contribution is 2.31. The molecule has 1 aliphatic rings. The molecular formula is C24H26F2N4O4. The number of halogens is 2. The maximum atomic E-state index is 13.3. The zero-order chi connectivity index (χ0) is 24.4. The maximum Gasteiger partial charge on any atom is 0.409 e. The molecule has 180 valence electrons. The van der Waals surface area contributed by atoms with Gasteiger partial charge in [-0.15, -0.1) is 0 Å². The molecule has 1 unspecified atom stereocenters. The number of aromatic nitrogens is 2. The molecule has 3 heterocycles. The molecule has 1 aliphatic heterocycles. The number of nitrogens with zero attached hydrogens (tertiary/aromatic N) is 3. The zero-order valence-corrected chi connectivity index (χ0v) is 19.2. The summed E-state index contributed by atoms with van der Waals surface area (Å²) >= 11 is 0. The molecule has 2 aromatic heterocycles. The van der Waals surface area contributed by atoms with E-state index in [1.54, 1.807) is 34.7 Å². The highest BCUT2D eigenvalue weighted by atomic mass is 19.3. The number of benzene rings is 1. The average molecular weight is 472 g/mol. The quantitative estimate of drug-likeness (QED) is 0.613. The van der Waals surface area contributed by atoms with Crippen LogP contribution in [0.4, 0.5) is 13.6 Å². The number of alkyl halides is 2. The van der Waals surface area contributed by atoms with E-state index < -0.39 is 12.5 Å². The first kappa shape index (κ1) is 23.6. The van der Waals surface area contributed by atoms with Crippen molar-refractivity contribution in [3.8, 4) is 11.3 Å². The largest absolute Gasteiger partial charge is 0.453 e. The lowest BCUT2D eigenvalue weighted by Gasteiger charge is -2.32. The van der Waals surface area contributed by atoms with Crippen molar-refractivity contribution in [3.63, 3.8) is 0 Å². The minimum Gasteiger partial charge on any atom is -0.453 e. The Bertz CT molecular complexity index is 1230. The Morgan fingerprint density at radius 2 is 2.09 bits per heavy atom. The Balaban J connectivity index is 1.77. The summed E-state index contributed by atoms with van der Waals surface area (Å²) in [5.41, 5.74) is 3.77. The second-order valence-electron chi connectivity index (χ2n) is 8.12. The van der Waals surface area contributed by atoms with Gasteiger partial charge in [0.1, 0.15) is 5.65 Å². The fourth-order valence-electron chi connectivity index (χ4n) is 4.23. The number of nitrogens with one attached hydrogen (secondary N) is 1. The molecule has 2 amide bonds. The minimum absolute atomic E-state index is 0.118. The van der Waals surface area contributed by atoms with Crippen LogP contribution in [-0.4, -0.2) is 66.2 Å². The Kier molecular flexibility index (Phi) is 6.78. The number of carbonyl (C=O) groups is 2. The fourth-order valence-corrected chi connectivity index (χ4v) is 4.23. The number of methoxy groups -OCH3 is 1. The van der Waals surface area contributed by atoms with Crippen molar-refractivity contribution in [1.29, 1.82) is 0 Å². The van der Waals surface area contributed by atoms with Crippen LogP contribution in [0.25, 0.3) is 16.9 Å². The summed E-state index contributed by atoms with van der Waals surface area (Å²) in [7, 11) is 2.90. The van der Waals surface area contributed by atoms with Gasteiger partial charge in [-0.25, -0.2) is 18.6 Å². The third-order valence-electron chi connectivity index (χ3n) is 5.96. The van der Waals surface area contributed by atoms with E-state index in [2.05, 4.69) is 10.3 Å². The van der Waals surface area contributed by atoms with Gasteiger partial charge in [0.25, 0.3) is 12.3 Å². The Hall–Kier alpha value is -3.53. The summed E-state index contributed by atoms with van der Waals surface area (Å²) < 4.78 is 39.2. The van der Waals surface area contributed by atoms with E-state index in [1.807, 2.05) is 13.0 Å². The second-order valence-corrected chi connectivity index (χ2v) is 8.12. The molecule has 10 heteroatoms. The van der Waals surface area contributed by atoms with Crippen LogP contribution in [0.15, 0.2) is 36.5 Å². The average Bonchev–Trinajstić information content (AvgIpc) is 3.20. The van der Waals surface area contributed by atoms with Crippen molar-refractivity contribution in [1.82, 2.24) is 19.6 Å². The zero-order valence-electron chi connectivity index (χ0n) is 19.2. The van der Waals surface area contributed by atoms with Crippen LogP contribution in [-0.2, 0) is 15.9 Å². The number of hydrogen-bond acceptors (Lipinski definition) is 5. The SMILES string of the molecule is CNC(=O)c1ccc(-c2nc3cc(C(F)F)ccn3c2CC2CN(C(=O)OC)CCO2)c(C)c1. The number of pyridine rings is 1. The van der Waals surface area contributed by atoms with E-state index in [1.165, 1.54) is 19.2 Å². The van der Waals surface area contributed by atoms with Crippen LogP contribution >= 0.6 is 0 Å². The highest BCUT2D eigenvalue weighted by molar-refractivity contribution is 5.95. The van der Waals surface area contributed by atoms with Gasteiger partial charge in [-0.3, -0.25) is 4.79 Å². The number of ether oxygens (including phenoxy) is 2. The maximum absolute atomic E-state index is 13.3. The smallest absolute Gasteiger partial charge is 0.409 e. The second kappa shape index (κ2) is 9.76. The molecule has 0 saturated carbocycles. The van der Waals surface area contributed by atoms with Gasteiger partial charge in [-0.1, -0.05) is 6.07 Å². The number of aryl methyl sites for hydroxylation is 1. The number of carbonyl (C=O) groups excluding carboxylic acids is 2. The van der Waals surface area contributed by atoms with Crippen LogP contribution in [0.3, 0.4) is 0 Å². The third-order valence-corrected chi connectivity index (χ3v) is 5.96. The molecule has 1 N–H and O–H groups in total. The Morgan fingerprint density at radius 3 is 2.76 bits per heavy atom. The van der Waals surface area contributed by atoms with Crippen LogP contribution in [0.5, 0.6) is 0 Å². The number of rotatable bonds is 5. The number of fused-ring (bicyclic) bond motifs is 1. The molecule has 1 atom stereocenters. The van der Waals surface area contributed by atoms with E-state index in [9.17, 15) is 18.4 Å². The summed E-state index contributed by atoms with van der Waals surface area (Å²) in [6, 6.07) is 8.02. The molecule has 0 aliphatic carbocycles. The van der Waals surface area contributed by atoms with E-state index in [0.717, 1.165) is 16.8 Å². The van der Waals surface area contributed by atoms with E-state index in [4.69, 9.17) is 9.47 Å². The molecule has 34 heavy (non-hydrogen) atoms. The molecule has 0 radical (unpaired) electrons. The molecule has 1 aromatic carbocycles. The molecule has 0 spiro atoms. The van der Waals surface area contributed by atoms with Crippen molar-refractivity contribution < 1.29 is 27.8 Å². The van der Waals surface area contributed by atoms with E-state index in [-0.39, 0.29) is 17.6 Å². The van der Waals surface area contributed by atoms with Crippen molar-refractivity contribution in [2.75, 3.05) is 33.9 Å².